The van der Waals surface area contributed by atoms with E-state index in [1.54, 1.807) is 25.3 Å². The molecular formula is C22H22N2O3S. The lowest BCUT2D eigenvalue weighted by Gasteiger charge is -2.30. The maximum atomic E-state index is 13.2. The summed E-state index contributed by atoms with van der Waals surface area (Å²) >= 11 is 5.33. The highest BCUT2D eigenvalue weighted by Gasteiger charge is 2.30. The number of thiocarbonyl (C=S) groups is 1. The van der Waals surface area contributed by atoms with Gasteiger partial charge in [0, 0.05) is 16.8 Å². The molecule has 0 bridgehead atoms. The van der Waals surface area contributed by atoms with Crippen LogP contribution < -0.4 is 20.1 Å². The van der Waals surface area contributed by atoms with Crippen LogP contribution in [0.4, 0.5) is 0 Å². The summed E-state index contributed by atoms with van der Waals surface area (Å²) in [5.41, 5.74) is 2.82. The van der Waals surface area contributed by atoms with Crippen LogP contribution in [0.15, 0.2) is 72.5 Å². The maximum Gasteiger partial charge on any atom is 0.193 e. The van der Waals surface area contributed by atoms with Gasteiger partial charge in [-0.1, -0.05) is 49.1 Å². The van der Waals surface area contributed by atoms with Crippen LogP contribution in [0.5, 0.6) is 11.5 Å². The van der Waals surface area contributed by atoms with Gasteiger partial charge in [-0.15, -0.1) is 0 Å². The summed E-state index contributed by atoms with van der Waals surface area (Å²) in [6.45, 7) is 5.89. The molecule has 0 radical (unpaired) electrons. The fraction of sp³-hybridized carbons (Fsp3) is 0.182. The van der Waals surface area contributed by atoms with Gasteiger partial charge in [-0.25, -0.2) is 0 Å². The van der Waals surface area contributed by atoms with Crippen LogP contribution in [-0.2, 0) is 0 Å². The van der Waals surface area contributed by atoms with Gasteiger partial charge in [-0.05, 0) is 36.8 Å². The van der Waals surface area contributed by atoms with E-state index >= 15 is 0 Å². The van der Waals surface area contributed by atoms with Crippen molar-refractivity contribution < 1.29 is 14.3 Å². The Balaban J connectivity index is 2.02. The monoisotopic (exact) mass is 394 g/mol. The predicted octanol–water partition coefficient (Wildman–Crippen LogP) is 3.94. The van der Waals surface area contributed by atoms with Crippen LogP contribution in [0.25, 0.3) is 0 Å². The zero-order chi connectivity index (χ0) is 20.1. The lowest BCUT2D eigenvalue weighted by atomic mass is 9.89. The quantitative estimate of drug-likeness (QED) is 0.422. The first-order valence-corrected chi connectivity index (χ1v) is 9.25. The Morgan fingerprint density at radius 2 is 1.96 bits per heavy atom. The second kappa shape index (κ2) is 8.71. The van der Waals surface area contributed by atoms with E-state index in [1.807, 2.05) is 43.3 Å². The number of ether oxygens (including phenoxy) is 2. The lowest BCUT2D eigenvalue weighted by molar-refractivity contribution is 0.102. The third-order valence-electron chi connectivity index (χ3n) is 4.43. The largest absolute Gasteiger partial charge is 0.493 e. The van der Waals surface area contributed by atoms with Crippen molar-refractivity contribution in [3.05, 3.63) is 83.6 Å². The molecule has 1 aliphatic rings. The third-order valence-corrected chi connectivity index (χ3v) is 4.65. The first-order valence-electron chi connectivity index (χ1n) is 8.84. The average Bonchev–Trinajstić information content (AvgIpc) is 2.71. The molecule has 5 nitrogen and oxygen atoms in total. The number of carbonyl (C=O) groups excluding carboxylic acids is 1. The van der Waals surface area contributed by atoms with Gasteiger partial charge in [0.2, 0.25) is 0 Å². The van der Waals surface area contributed by atoms with E-state index in [0.29, 0.717) is 34.4 Å². The number of carbonyl (C=O) groups is 1. The summed E-state index contributed by atoms with van der Waals surface area (Å²) in [6.07, 6.45) is 1.67. The van der Waals surface area contributed by atoms with Gasteiger partial charge >= 0.3 is 0 Å². The molecule has 2 aromatic carbocycles. The molecule has 1 heterocycles. The number of methoxy groups -OCH3 is 1. The predicted molar refractivity (Wildman–Crippen MR) is 114 cm³/mol. The topological polar surface area (TPSA) is 59.6 Å². The fourth-order valence-corrected chi connectivity index (χ4v) is 3.39. The number of hydrogen-bond donors (Lipinski definition) is 2. The molecule has 6 heteroatoms. The van der Waals surface area contributed by atoms with Gasteiger partial charge in [-0.2, -0.15) is 0 Å². The summed E-state index contributed by atoms with van der Waals surface area (Å²) in [6, 6.07) is 14.4. The molecule has 2 aromatic rings. The molecule has 2 N–H and O–H groups in total. The Hall–Kier alpha value is -3.12. The van der Waals surface area contributed by atoms with Crippen LogP contribution >= 0.6 is 12.2 Å². The zero-order valence-corrected chi connectivity index (χ0v) is 16.6. The molecule has 0 spiro atoms. The minimum atomic E-state index is -0.399. The SMILES string of the molecule is C=CCOc1ccc([C@H]2NC(=S)NC(C)=C2C(=O)c2ccccc2)cc1OC. The Morgan fingerprint density at radius 1 is 1.21 bits per heavy atom. The molecule has 0 unspecified atom stereocenters. The highest BCUT2D eigenvalue weighted by atomic mass is 32.1. The van der Waals surface area contributed by atoms with Crippen LogP contribution in [0.3, 0.4) is 0 Å². The van der Waals surface area contributed by atoms with Crippen LogP contribution in [0.2, 0.25) is 0 Å². The molecule has 3 rings (SSSR count). The van der Waals surface area contributed by atoms with Gasteiger partial charge in [0.15, 0.2) is 22.4 Å². The minimum absolute atomic E-state index is 0.0587. The second-order valence-electron chi connectivity index (χ2n) is 6.28. The number of allylic oxidation sites excluding steroid dienone is 1. The summed E-state index contributed by atoms with van der Waals surface area (Å²) in [4.78, 5) is 13.2. The smallest absolute Gasteiger partial charge is 0.193 e. The van der Waals surface area contributed by atoms with Gasteiger partial charge in [0.25, 0.3) is 0 Å². The molecule has 0 amide bonds. The second-order valence-corrected chi connectivity index (χ2v) is 6.68. The first kappa shape index (κ1) is 19.6. The van der Waals surface area contributed by atoms with Gasteiger partial charge in [0.05, 0.1) is 13.2 Å². The molecule has 144 valence electrons. The highest BCUT2D eigenvalue weighted by Crippen LogP contribution is 2.35. The Labute approximate surface area is 170 Å². The van der Waals surface area contributed by atoms with E-state index in [9.17, 15) is 4.79 Å². The fourth-order valence-electron chi connectivity index (χ4n) is 3.12. The van der Waals surface area contributed by atoms with E-state index in [-0.39, 0.29) is 5.78 Å². The van der Waals surface area contributed by atoms with Gasteiger partial charge in [-0.3, -0.25) is 4.79 Å². The summed E-state index contributed by atoms with van der Waals surface area (Å²) in [5, 5.41) is 6.74. The molecule has 0 saturated heterocycles. The lowest BCUT2D eigenvalue weighted by Crippen LogP contribution is -2.44. The van der Waals surface area contributed by atoms with E-state index < -0.39 is 6.04 Å². The maximum absolute atomic E-state index is 13.2. The van der Waals surface area contributed by atoms with Crippen molar-refractivity contribution in [2.45, 2.75) is 13.0 Å². The van der Waals surface area contributed by atoms with Crippen molar-refractivity contribution in [3.8, 4) is 11.5 Å². The van der Waals surface area contributed by atoms with Crippen molar-refractivity contribution in [2.24, 2.45) is 0 Å². The van der Waals surface area contributed by atoms with Crippen LogP contribution in [0.1, 0.15) is 28.9 Å². The molecule has 28 heavy (non-hydrogen) atoms. The minimum Gasteiger partial charge on any atom is -0.493 e. The summed E-state index contributed by atoms with van der Waals surface area (Å²) < 4.78 is 11.1. The molecule has 0 fully saturated rings. The average molecular weight is 394 g/mol. The van der Waals surface area contributed by atoms with E-state index in [4.69, 9.17) is 21.7 Å². The Morgan fingerprint density at radius 3 is 2.64 bits per heavy atom. The first-order chi connectivity index (χ1) is 13.5. The third kappa shape index (κ3) is 4.07. The van der Waals surface area contributed by atoms with E-state index in [0.717, 1.165) is 11.3 Å². The van der Waals surface area contributed by atoms with Crippen molar-refractivity contribution in [1.82, 2.24) is 10.6 Å². The molecule has 0 saturated carbocycles. The molecule has 1 atom stereocenters. The molecular weight excluding hydrogens is 372 g/mol. The van der Waals surface area contributed by atoms with E-state index in [2.05, 4.69) is 17.2 Å². The normalized spacial score (nSPS) is 16.1. The van der Waals surface area contributed by atoms with Crippen LogP contribution in [0, 0.1) is 0 Å². The summed E-state index contributed by atoms with van der Waals surface area (Å²) in [7, 11) is 1.58. The van der Waals surface area contributed by atoms with Gasteiger partial charge in [0.1, 0.15) is 6.61 Å². The van der Waals surface area contributed by atoms with Gasteiger partial charge < -0.3 is 20.1 Å². The van der Waals surface area contributed by atoms with Crippen molar-refractivity contribution in [2.75, 3.05) is 13.7 Å². The standard InChI is InChI=1S/C22H22N2O3S/c1-4-12-27-17-11-10-16(13-18(17)26-3)20-19(14(2)23-22(28)24-20)21(25)15-8-6-5-7-9-15/h4-11,13,20H,1,12H2,2-3H3,(H2,23,24,28)/t20-/m1/s1. The summed E-state index contributed by atoms with van der Waals surface area (Å²) in [5.74, 6) is 1.13. The molecule has 0 aliphatic carbocycles. The van der Waals surface area contributed by atoms with Crippen molar-refractivity contribution in [1.29, 1.82) is 0 Å². The number of Topliss-reactive ketones (excluding diaryl/α,β-unsaturated/α-hetero) is 1. The molecule has 1 aliphatic heterocycles. The van der Waals surface area contributed by atoms with Crippen molar-refractivity contribution >= 4 is 23.1 Å². The molecule has 0 aromatic heterocycles. The van der Waals surface area contributed by atoms with Crippen molar-refractivity contribution in [3.63, 3.8) is 0 Å². The Bertz CT molecular complexity index is 938. The number of benzene rings is 2. The van der Waals surface area contributed by atoms with Crippen LogP contribution in [-0.4, -0.2) is 24.6 Å². The highest BCUT2D eigenvalue weighted by molar-refractivity contribution is 7.80. The number of hydrogen-bond acceptors (Lipinski definition) is 4. The zero-order valence-electron chi connectivity index (χ0n) is 15.8. The number of ketones is 1. The van der Waals surface area contributed by atoms with E-state index in [1.165, 1.54) is 0 Å². The number of rotatable bonds is 7. The number of nitrogens with one attached hydrogen (secondary N) is 2. The Kier molecular flexibility index (Phi) is 6.11.